The lowest BCUT2D eigenvalue weighted by atomic mass is 9.32. The van der Waals surface area contributed by atoms with Crippen molar-refractivity contribution >= 4 is 0 Å². The Morgan fingerprint density at radius 2 is 1.43 bits per heavy atom. The van der Waals surface area contributed by atoms with E-state index in [0.717, 1.165) is 25.9 Å². The normalized spacial score (nSPS) is 59.1. The van der Waals surface area contributed by atoms with Gasteiger partial charge in [-0.1, -0.05) is 53.7 Å². The first kappa shape index (κ1) is 40.1. The predicted octanol–water partition coefficient (Wildman–Crippen LogP) is 2.81. The van der Waals surface area contributed by atoms with E-state index in [9.17, 15) is 35.7 Å². The van der Waals surface area contributed by atoms with E-state index in [2.05, 4.69) is 53.7 Å². The Bertz CT molecular complexity index is 1460. The highest BCUT2D eigenvalue weighted by molar-refractivity contribution is 5.34. The summed E-state index contributed by atoms with van der Waals surface area (Å²) in [5.41, 5.74) is -0.502. The van der Waals surface area contributed by atoms with Crippen LogP contribution in [0.3, 0.4) is 0 Å². The molecule has 7 fully saturated rings. The minimum absolute atomic E-state index is 0.00162. The highest BCUT2D eigenvalue weighted by Gasteiger charge is 2.77. The monoisotopic (exact) mass is 764 g/mol. The second kappa shape index (κ2) is 13.1. The van der Waals surface area contributed by atoms with Crippen molar-refractivity contribution in [3.05, 3.63) is 12.2 Å². The number of hydrogen-bond donors (Lipinski definition) is 7. The van der Waals surface area contributed by atoms with Crippen molar-refractivity contribution in [1.82, 2.24) is 0 Å². The van der Waals surface area contributed by atoms with Crippen molar-refractivity contribution in [1.29, 1.82) is 0 Å². The molecule has 7 N–H and O–H groups in total. The quantitative estimate of drug-likeness (QED) is 0.155. The van der Waals surface area contributed by atoms with Gasteiger partial charge in [0.1, 0.15) is 42.7 Å². The smallest absolute Gasteiger partial charge is 0.187 e. The third kappa shape index (κ3) is 5.30. The minimum Gasteiger partial charge on any atom is -0.396 e. The molecule has 4 saturated carbocycles. The summed E-state index contributed by atoms with van der Waals surface area (Å²) in [6.07, 6.45) is 0.0718. The second-order valence-electron chi connectivity index (χ2n) is 20.9. The molecule has 308 valence electrons. The van der Waals surface area contributed by atoms with Gasteiger partial charge < -0.3 is 59.4 Å². The van der Waals surface area contributed by atoms with Crippen LogP contribution in [0.1, 0.15) is 106 Å². The summed E-state index contributed by atoms with van der Waals surface area (Å²) in [7, 11) is 0. The third-order valence-electron chi connectivity index (χ3n) is 17.9. The van der Waals surface area contributed by atoms with E-state index in [1.165, 1.54) is 32.1 Å². The van der Waals surface area contributed by atoms with Crippen LogP contribution in [-0.4, -0.2) is 129 Å². The first-order valence-electron chi connectivity index (χ1n) is 20.8. The Balaban J connectivity index is 1.04. The molecule has 12 nitrogen and oxygen atoms in total. The van der Waals surface area contributed by atoms with Gasteiger partial charge >= 0.3 is 0 Å². The topological polar surface area (TPSA) is 188 Å². The first-order valence-corrected chi connectivity index (χ1v) is 20.8. The van der Waals surface area contributed by atoms with E-state index in [4.69, 9.17) is 23.7 Å². The van der Waals surface area contributed by atoms with E-state index < -0.39 is 79.5 Å². The number of aliphatic hydroxyl groups is 7. The van der Waals surface area contributed by atoms with Crippen molar-refractivity contribution < 1.29 is 59.4 Å². The van der Waals surface area contributed by atoms with Gasteiger partial charge in [0.05, 0.1) is 37.6 Å². The maximum absolute atomic E-state index is 11.6. The summed E-state index contributed by atoms with van der Waals surface area (Å²) >= 11 is 0. The van der Waals surface area contributed by atoms with Crippen molar-refractivity contribution in [2.45, 2.75) is 179 Å². The van der Waals surface area contributed by atoms with Crippen LogP contribution in [0.25, 0.3) is 0 Å². The van der Waals surface area contributed by atoms with Crippen molar-refractivity contribution in [2.24, 2.45) is 50.2 Å². The predicted molar refractivity (Wildman–Crippen MR) is 195 cm³/mol. The third-order valence-corrected chi connectivity index (χ3v) is 17.9. The second-order valence-corrected chi connectivity index (χ2v) is 20.9. The van der Waals surface area contributed by atoms with Crippen LogP contribution in [-0.2, 0) is 23.7 Å². The molecule has 1 spiro atoms. The molecule has 12 heteroatoms. The highest BCUT2D eigenvalue weighted by atomic mass is 16.7. The van der Waals surface area contributed by atoms with Crippen LogP contribution >= 0.6 is 0 Å². The molecule has 8 aliphatic rings. The number of allylic oxidation sites excluding steroid dienone is 1. The van der Waals surface area contributed by atoms with Gasteiger partial charge in [0.25, 0.3) is 0 Å². The average Bonchev–Trinajstić information content (AvgIpc) is 3.36. The fourth-order valence-electron chi connectivity index (χ4n) is 14.2. The zero-order valence-electron chi connectivity index (χ0n) is 33.4. The number of ether oxygens (including phenoxy) is 5. The summed E-state index contributed by atoms with van der Waals surface area (Å²) in [4.78, 5) is 0. The SMILES string of the molecule is C[C@H]1O[C@@H](O[C@H]2CC[C@@]3(C)C(CC[C@]4(C)[C@@H]3C=C[C@]35OC[C@@]6(CCC(C)(C)C[C@H]63)CC[C@]54C)[C@]2(C)CO)[C@H](O)[C@@H](O[C@@H]2O[C@H](CO)[C@@H](O)[C@H](O)[C@H]2O)[C@H]1O. The summed E-state index contributed by atoms with van der Waals surface area (Å²) < 4.78 is 31.4. The minimum atomic E-state index is -1.71. The molecule has 5 aliphatic carbocycles. The number of fused-ring (bicyclic) bond motifs is 4. The van der Waals surface area contributed by atoms with Gasteiger partial charge in [-0.15, -0.1) is 0 Å². The molecule has 1 unspecified atom stereocenters. The number of aliphatic hydroxyl groups excluding tert-OH is 7. The molecular weight excluding hydrogens is 696 g/mol. The zero-order chi connectivity index (χ0) is 39.0. The Kier molecular flexibility index (Phi) is 9.74. The lowest BCUT2D eigenvalue weighted by Gasteiger charge is -2.73. The molecule has 3 heterocycles. The van der Waals surface area contributed by atoms with Gasteiger partial charge in [0.2, 0.25) is 0 Å². The molecule has 3 saturated heterocycles. The van der Waals surface area contributed by atoms with Gasteiger partial charge in [0, 0.05) is 16.7 Å². The number of rotatable bonds is 6. The van der Waals surface area contributed by atoms with Crippen LogP contribution < -0.4 is 0 Å². The van der Waals surface area contributed by atoms with Crippen LogP contribution in [0, 0.1) is 50.2 Å². The lowest BCUT2D eigenvalue weighted by Crippen LogP contribution is -2.71. The number of hydrogen-bond acceptors (Lipinski definition) is 12. The van der Waals surface area contributed by atoms with Gasteiger partial charge in [-0.2, -0.15) is 0 Å². The largest absolute Gasteiger partial charge is 0.396 e. The van der Waals surface area contributed by atoms with Gasteiger partial charge in [-0.05, 0) is 98.2 Å². The van der Waals surface area contributed by atoms with E-state index >= 15 is 0 Å². The van der Waals surface area contributed by atoms with Gasteiger partial charge in [-0.3, -0.25) is 0 Å². The van der Waals surface area contributed by atoms with Crippen LogP contribution in [0.15, 0.2) is 12.2 Å². The lowest BCUT2D eigenvalue weighted by molar-refractivity contribution is -0.367. The van der Waals surface area contributed by atoms with E-state index in [-0.39, 0.29) is 45.7 Å². The van der Waals surface area contributed by atoms with Crippen LogP contribution in [0.5, 0.6) is 0 Å². The standard InChI is InChI=1S/C42H68O12/c1-22-28(45)33(54-34-31(48)30(47)29(46)23(19-43)52-34)32(49)35(51-22)53-27-10-11-37(4)24(38(27,5)20-44)8-12-39(6)25(37)9-13-42-26-18-36(2,3)14-16-41(26,21-50-42)17-15-40(39,42)7/h9,13,22-35,43-49H,8,10-12,14-21H2,1-7H3/t22-,23-,24?,25-,26-,27+,28+,29-,30+,31-,32-,33+,34+,35+,37+,38+,39-,40+,41-,42+/m1/s1. The Morgan fingerprint density at radius 3 is 2.13 bits per heavy atom. The van der Waals surface area contributed by atoms with E-state index in [1.807, 2.05) is 0 Å². The fourth-order valence-corrected chi connectivity index (χ4v) is 14.2. The molecular formula is C42H68O12. The molecule has 0 radical (unpaired) electrons. The highest BCUT2D eigenvalue weighted by Crippen LogP contribution is 2.79. The Morgan fingerprint density at radius 1 is 0.722 bits per heavy atom. The molecule has 3 aliphatic heterocycles. The molecule has 54 heavy (non-hydrogen) atoms. The van der Waals surface area contributed by atoms with Crippen molar-refractivity contribution in [3.63, 3.8) is 0 Å². The zero-order valence-corrected chi connectivity index (χ0v) is 33.4. The molecule has 0 aromatic rings. The van der Waals surface area contributed by atoms with Gasteiger partial charge in [0.15, 0.2) is 12.6 Å². The van der Waals surface area contributed by atoms with Gasteiger partial charge in [-0.25, -0.2) is 0 Å². The van der Waals surface area contributed by atoms with Crippen LogP contribution in [0.2, 0.25) is 0 Å². The first-order chi connectivity index (χ1) is 25.3. The Labute approximate surface area is 320 Å². The van der Waals surface area contributed by atoms with Crippen molar-refractivity contribution in [2.75, 3.05) is 19.8 Å². The molecule has 20 atom stereocenters. The molecule has 0 amide bonds. The average molecular weight is 765 g/mol. The Hall–Kier alpha value is -0.740. The van der Waals surface area contributed by atoms with E-state index in [0.29, 0.717) is 17.8 Å². The van der Waals surface area contributed by atoms with E-state index in [1.54, 1.807) is 6.92 Å². The molecule has 8 rings (SSSR count). The maximum atomic E-state index is 11.6. The molecule has 2 bridgehead atoms. The molecule has 0 aromatic heterocycles. The molecule has 0 aromatic carbocycles. The summed E-state index contributed by atoms with van der Waals surface area (Å²) in [5.74, 6) is 0.914. The fraction of sp³-hybridized carbons (Fsp3) is 0.952. The maximum Gasteiger partial charge on any atom is 0.187 e. The summed E-state index contributed by atoms with van der Waals surface area (Å²) in [6, 6.07) is 0. The summed E-state index contributed by atoms with van der Waals surface area (Å²) in [5, 5.41) is 74.8. The van der Waals surface area contributed by atoms with Crippen molar-refractivity contribution in [3.8, 4) is 0 Å². The van der Waals surface area contributed by atoms with Crippen LogP contribution in [0.4, 0.5) is 0 Å². The summed E-state index contributed by atoms with van der Waals surface area (Å²) in [6.45, 7) is 16.2.